The van der Waals surface area contributed by atoms with Gasteiger partial charge in [-0.15, -0.1) is 0 Å². The predicted octanol–water partition coefficient (Wildman–Crippen LogP) is -0.121. The fourth-order valence-corrected chi connectivity index (χ4v) is 0.962. The minimum atomic E-state index is -0.397. The summed E-state index contributed by atoms with van der Waals surface area (Å²) in [5.41, 5.74) is 17.9. The molecule has 0 saturated carbocycles. The van der Waals surface area contributed by atoms with Gasteiger partial charge in [0, 0.05) is 11.4 Å². The quantitative estimate of drug-likeness (QED) is 0.533. The predicted molar refractivity (Wildman–Crippen MR) is 48.2 cm³/mol. The van der Waals surface area contributed by atoms with Crippen LogP contribution in [0.5, 0.6) is 0 Å². The first-order valence-electron chi connectivity index (χ1n) is 3.52. The Kier molecular flexibility index (Phi) is 2.19. The number of benzene rings is 1. The van der Waals surface area contributed by atoms with E-state index < -0.39 is 5.91 Å². The molecule has 64 valence electrons. The van der Waals surface area contributed by atoms with Crippen molar-refractivity contribution in [2.45, 2.75) is 6.42 Å². The Balaban J connectivity index is 2.93. The van der Waals surface area contributed by atoms with Crippen molar-refractivity contribution < 1.29 is 4.79 Å². The normalized spacial score (nSPS) is 9.67. The van der Waals surface area contributed by atoms with Gasteiger partial charge in [-0.05, 0) is 17.7 Å². The van der Waals surface area contributed by atoms with Crippen LogP contribution in [-0.4, -0.2) is 5.91 Å². The molecule has 0 atom stereocenters. The molecule has 0 radical (unpaired) electrons. The minimum Gasteiger partial charge on any atom is -0.399 e. The number of hydrogen-bond donors (Lipinski definition) is 3. The molecule has 0 aliphatic heterocycles. The van der Waals surface area contributed by atoms with Crippen molar-refractivity contribution in [3.8, 4) is 0 Å². The van der Waals surface area contributed by atoms with Gasteiger partial charge in [-0.25, -0.2) is 0 Å². The third kappa shape index (κ3) is 1.88. The zero-order chi connectivity index (χ0) is 9.14. The average molecular weight is 165 g/mol. The van der Waals surface area contributed by atoms with E-state index in [0.717, 1.165) is 5.56 Å². The Morgan fingerprint density at radius 2 is 2.00 bits per heavy atom. The highest BCUT2D eigenvalue weighted by molar-refractivity contribution is 5.78. The lowest BCUT2D eigenvalue weighted by atomic mass is 10.1. The highest BCUT2D eigenvalue weighted by atomic mass is 16.1. The molecule has 0 fully saturated rings. The van der Waals surface area contributed by atoms with Crippen LogP contribution in [0.2, 0.25) is 0 Å². The maximum Gasteiger partial charge on any atom is 0.221 e. The second-order valence-electron chi connectivity index (χ2n) is 2.60. The van der Waals surface area contributed by atoms with Crippen LogP contribution in [0.15, 0.2) is 18.2 Å². The van der Waals surface area contributed by atoms with E-state index in [0.29, 0.717) is 11.4 Å². The highest BCUT2D eigenvalue weighted by Gasteiger charge is 2.02. The summed E-state index contributed by atoms with van der Waals surface area (Å²) in [6.45, 7) is 0. The minimum absolute atomic E-state index is 0.159. The molecule has 1 rings (SSSR count). The van der Waals surface area contributed by atoms with Gasteiger partial charge < -0.3 is 17.2 Å². The van der Waals surface area contributed by atoms with Crippen LogP contribution in [0.4, 0.5) is 11.4 Å². The Morgan fingerprint density at radius 1 is 1.33 bits per heavy atom. The van der Waals surface area contributed by atoms with Crippen LogP contribution in [-0.2, 0) is 11.2 Å². The van der Waals surface area contributed by atoms with E-state index in [1.54, 1.807) is 18.2 Å². The van der Waals surface area contributed by atoms with Crippen molar-refractivity contribution >= 4 is 17.3 Å². The molecule has 0 heterocycles. The van der Waals surface area contributed by atoms with E-state index in [4.69, 9.17) is 17.2 Å². The maximum atomic E-state index is 10.5. The molecule has 1 aromatic carbocycles. The summed E-state index contributed by atoms with van der Waals surface area (Å²) < 4.78 is 0. The van der Waals surface area contributed by atoms with Gasteiger partial charge in [-0.1, -0.05) is 6.07 Å². The SMILES string of the molecule is NC(=O)Cc1ccc(N)cc1N. The molecule has 0 saturated heterocycles. The van der Waals surface area contributed by atoms with Crippen LogP contribution in [0.25, 0.3) is 0 Å². The number of nitrogens with two attached hydrogens (primary N) is 3. The summed E-state index contributed by atoms with van der Waals surface area (Å²) in [5.74, 6) is -0.397. The number of carbonyl (C=O) groups excluding carboxylic acids is 1. The molecule has 1 amide bonds. The van der Waals surface area contributed by atoms with Crippen molar-refractivity contribution in [1.29, 1.82) is 0 Å². The van der Waals surface area contributed by atoms with Crippen LogP contribution >= 0.6 is 0 Å². The van der Waals surface area contributed by atoms with Gasteiger partial charge in [0.05, 0.1) is 6.42 Å². The van der Waals surface area contributed by atoms with E-state index in [1.807, 2.05) is 0 Å². The van der Waals surface area contributed by atoms with Crippen LogP contribution in [0.3, 0.4) is 0 Å². The Hall–Kier alpha value is -1.71. The molecule has 0 aliphatic carbocycles. The summed E-state index contributed by atoms with van der Waals surface area (Å²) in [6.07, 6.45) is 0.159. The van der Waals surface area contributed by atoms with Crippen LogP contribution in [0, 0.1) is 0 Å². The zero-order valence-corrected chi connectivity index (χ0v) is 6.58. The molecule has 0 spiro atoms. The summed E-state index contributed by atoms with van der Waals surface area (Å²) >= 11 is 0. The van der Waals surface area contributed by atoms with E-state index in [1.165, 1.54) is 0 Å². The standard InChI is InChI=1S/C8H11N3O/c9-6-2-1-5(3-8(11)12)7(10)4-6/h1-2,4H,3,9-10H2,(H2,11,12). The summed E-state index contributed by atoms with van der Waals surface area (Å²) in [4.78, 5) is 10.5. The van der Waals surface area contributed by atoms with Gasteiger partial charge in [0.15, 0.2) is 0 Å². The van der Waals surface area contributed by atoms with Gasteiger partial charge in [-0.3, -0.25) is 4.79 Å². The second-order valence-corrected chi connectivity index (χ2v) is 2.60. The molecule has 0 unspecified atom stereocenters. The summed E-state index contributed by atoms with van der Waals surface area (Å²) in [5, 5.41) is 0. The molecular weight excluding hydrogens is 154 g/mol. The number of amides is 1. The van der Waals surface area contributed by atoms with Crippen molar-refractivity contribution in [3.63, 3.8) is 0 Å². The third-order valence-electron chi connectivity index (χ3n) is 1.53. The van der Waals surface area contributed by atoms with Crippen molar-refractivity contribution in [2.75, 3.05) is 11.5 Å². The van der Waals surface area contributed by atoms with Crippen LogP contribution in [0.1, 0.15) is 5.56 Å². The topological polar surface area (TPSA) is 95.1 Å². The first-order chi connectivity index (χ1) is 5.59. The molecule has 0 aromatic heterocycles. The fourth-order valence-electron chi connectivity index (χ4n) is 0.962. The molecule has 12 heavy (non-hydrogen) atoms. The number of rotatable bonds is 2. The molecule has 0 aliphatic rings. The van der Waals surface area contributed by atoms with E-state index in [9.17, 15) is 4.79 Å². The Labute approximate surface area is 70.3 Å². The van der Waals surface area contributed by atoms with Crippen molar-refractivity contribution in [1.82, 2.24) is 0 Å². The molecule has 0 bridgehead atoms. The van der Waals surface area contributed by atoms with Crippen molar-refractivity contribution in [3.05, 3.63) is 23.8 Å². The Morgan fingerprint density at radius 3 is 2.50 bits per heavy atom. The van der Waals surface area contributed by atoms with Gasteiger partial charge in [0.1, 0.15) is 0 Å². The number of anilines is 2. The molecule has 4 nitrogen and oxygen atoms in total. The number of primary amides is 1. The molecule has 4 heteroatoms. The first kappa shape index (κ1) is 8.39. The lowest BCUT2D eigenvalue weighted by Gasteiger charge is -2.03. The third-order valence-corrected chi connectivity index (χ3v) is 1.53. The summed E-state index contributed by atoms with van der Waals surface area (Å²) in [7, 11) is 0. The summed E-state index contributed by atoms with van der Waals surface area (Å²) in [6, 6.07) is 5.00. The number of nitrogen functional groups attached to an aromatic ring is 2. The van der Waals surface area contributed by atoms with Gasteiger partial charge in [0.2, 0.25) is 5.91 Å². The largest absolute Gasteiger partial charge is 0.399 e. The van der Waals surface area contributed by atoms with Gasteiger partial charge in [-0.2, -0.15) is 0 Å². The molecule has 6 N–H and O–H groups in total. The van der Waals surface area contributed by atoms with E-state index >= 15 is 0 Å². The highest BCUT2D eigenvalue weighted by Crippen LogP contribution is 2.15. The molecular formula is C8H11N3O. The maximum absolute atomic E-state index is 10.5. The van der Waals surface area contributed by atoms with Crippen LogP contribution < -0.4 is 17.2 Å². The lowest BCUT2D eigenvalue weighted by Crippen LogP contribution is -2.14. The van der Waals surface area contributed by atoms with E-state index in [2.05, 4.69) is 0 Å². The monoisotopic (exact) mass is 165 g/mol. The van der Waals surface area contributed by atoms with Crippen molar-refractivity contribution in [2.24, 2.45) is 5.73 Å². The zero-order valence-electron chi connectivity index (χ0n) is 6.58. The van der Waals surface area contributed by atoms with Gasteiger partial charge in [0.25, 0.3) is 0 Å². The first-order valence-corrected chi connectivity index (χ1v) is 3.52. The number of hydrogen-bond acceptors (Lipinski definition) is 3. The average Bonchev–Trinajstić information content (AvgIpc) is 1.94. The fraction of sp³-hybridized carbons (Fsp3) is 0.125. The van der Waals surface area contributed by atoms with Gasteiger partial charge >= 0.3 is 0 Å². The Bertz CT molecular complexity index is 309. The van der Waals surface area contributed by atoms with E-state index in [-0.39, 0.29) is 6.42 Å². The number of carbonyl (C=O) groups is 1. The lowest BCUT2D eigenvalue weighted by molar-refractivity contribution is -0.117. The second kappa shape index (κ2) is 3.13. The smallest absolute Gasteiger partial charge is 0.221 e. The molecule has 1 aromatic rings.